The van der Waals surface area contributed by atoms with E-state index in [0.717, 1.165) is 0 Å². The van der Waals surface area contributed by atoms with Crippen molar-refractivity contribution in [2.24, 2.45) is 5.73 Å². The van der Waals surface area contributed by atoms with E-state index in [1.54, 1.807) is 0 Å². The minimum Gasteiger partial charge on any atom is -0.368 e. The Balaban J connectivity index is 3.55. The second-order valence-corrected chi connectivity index (χ2v) is 2.38. The number of halogens is 1. The zero-order chi connectivity index (χ0) is 5.86. The molecule has 0 bridgehead atoms. The molecule has 1 amide bonds. The average Bonchev–Trinajstić information content (AvgIpc) is 1.65. The Labute approximate surface area is 55.9 Å². The van der Waals surface area contributed by atoms with Gasteiger partial charge in [-0.15, -0.1) is 6.58 Å². The molecule has 2 nitrogen and oxygen atoms in total. The molecule has 40 valence electrons. The van der Waals surface area contributed by atoms with Crippen molar-refractivity contribution in [2.45, 2.75) is 3.92 Å². The van der Waals surface area contributed by atoms with Crippen LogP contribution >= 0.6 is 22.6 Å². The average molecular weight is 211 g/mol. The minimum absolute atomic E-state index is 0.224. The fourth-order valence-corrected chi connectivity index (χ4v) is 0.116. The monoisotopic (exact) mass is 211 g/mol. The molecule has 0 saturated carbocycles. The number of rotatable bonds is 2. The second kappa shape index (κ2) is 3.01. The van der Waals surface area contributed by atoms with Gasteiger partial charge in [0.1, 0.15) is 3.92 Å². The zero-order valence-electron chi connectivity index (χ0n) is 3.73. The molecule has 1 unspecified atom stereocenters. The van der Waals surface area contributed by atoms with Gasteiger partial charge >= 0.3 is 0 Å². The van der Waals surface area contributed by atoms with Crippen LogP contribution in [0.4, 0.5) is 0 Å². The summed E-state index contributed by atoms with van der Waals surface area (Å²) < 4.78 is -0.224. The van der Waals surface area contributed by atoms with Gasteiger partial charge in [0.2, 0.25) is 5.91 Å². The molecule has 2 N–H and O–H groups in total. The number of carbonyl (C=O) groups is 1. The molecule has 0 aromatic rings. The third-order valence-corrected chi connectivity index (χ3v) is 1.60. The first-order valence-corrected chi connectivity index (χ1v) is 2.99. The predicted octanol–water partition coefficient (Wildman–Crippen LogP) is 0.461. The lowest BCUT2D eigenvalue weighted by molar-refractivity contribution is -0.116. The summed E-state index contributed by atoms with van der Waals surface area (Å²) in [6.45, 7) is 3.37. The molecule has 0 fully saturated rings. The quantitative estimate of drug-likeness (QED) is 0.402. The van der Waals surface area contributed by atoms with Crippen LogP contribution in [0, 0.1) is 0 Å². The van der Waals surface area contributed by atoms with Crippen LogP contribution in [-0.2, 0) is 4.79 Å². The first-order chi connectivity index (χ1) is 3.18. The van der Waals surface area contributed by atoms with Crippen molar-refractivity contribution in [3.8, 4) is 0 Å². The highest BCUT2D eigenvalue weighted by Gasteiger charge is 2.01. The number of primary amides is 1. The van der Waals surface area contributed by atoms with E-state index in [9.17, 15) is 4.79 Å². The van der Waals surface area contributed by atoms with Crippen molar-refractivity contribution in [3.05, 3.63) is 12.7 Å². The zero-order valence-corrected chi connectivity index (χ0v) is 5.88. The van der Waals surface area contributed by atoms with Crippen LogP contribution in [0.1, 0.15) is 0 Å². The van der Waals surface area contributed by atoms with Gasteiger partial charge in [-0.05, 0) is 0 Å². The molecular weight excluding hydrogens is 205 g/mol. The Hall–Kier alpha value is -0.0600. The summed E-state index contributed by atoms with van der Waals surface area (Å²) in [6.07, 6.45) is 1.50. The predicted molar refractivity (Wildman–Crippen MR) is 37.2 cm³/mol. The van der Waals surface area contributed by atoms with Gasteiger partial charge in [-0.3, -0.25) is 4.79 Å². The molecule has 1 atom stereocenters. The van der Waals surface area contributed by atoms with Crippen molar-refractivity contribution >= 4 is 28.5 Å². The molecule has 0 aromatic heterocycles. The van der Waals surface area contributed by atoms with Gasteiger partial charge in [-0.1, -0.05) is 28.7 Å². The smallest absolute Gasteiger partial charge is 0.234 e. The number of hydrogen-bond donors (Lipinski definition) is 1. The van der Waals surface area contributed by atoms with Gasteiger partial charge in [0, 0.05) is 0 Å². The highest BCUT2D eigenvalue weighted by Crippen LogP contribution is 1.97. The van der Waals surface area contributed by atoms with Crippen LogP contribution in [0.5, 0.6) is 0 Å². The van der Waals surface area contributed by atoms with Crippen LogP contribution < -0.4 is 5.73 Å². The van der Waals surface area contributed by atoms with E-state index in [1.165, 1.54) is 6.08 Å². The number of carbonyl (C=O) groups excluding carboxylic acids is 1. The second-order valence-electron chi connectivity index (χ2n) is 1.04. The Morgan fingerprint density at radius 1 is 2.00 bits per heavy atom. The van der Waals surface area contributed by atoms with Gasteiger partial charge in [-0.2, -0.15) is 0 Å². The van der Waals surface area contributed by atoms with E-state index >= 15 is 0 Å². The molecule has 0 saturated heterocycles. The lowest BCUT2D eigenvalue weighted by Gasteiger charge is -1.91. The summed E-state index contributed by atoms with van der Waals surface area (Å²) in [5.74, 6) is -0.337. The van der Waals surface area contributed by atoms with Gasteiger partial charge in [0.15, 0.2) is 0 Å². The fourth-order valence-electron chi connectivity index (χ4n) is 0.116. The van der Waals surface area contributed by atoms with Crippen LogP contribution in [-0.4, -0.2) is 9.83 Å². The summed E-state index contributed by atoms with van der Waals surface area (Å²) in [5, 5.41) is 0. The van der Waals surface area contributed by atoms with Gasteiger partial charge in [-0.25, -0.2) is 0 Å². The number of nitrogens with two attached hydrogens (primary N) is 1. The third-order valence-electron chi connectivity index (χ3n) is 0.479. The maximum absolute atomic E-state index is 10.1. The molecule has 0 heterocycles. The summed E-state index contributed by atoms with van der Waals surface area (Å²) in [7, 11) is 0. The van der Waals surface area contributed by atoms with Crippen LogP contribution in [0.2, 0.25) is 0 Å². The van der Waals surface area contributed by atoms with E-state index in [2.05, 4.69) is 6.58 Å². The molecule has 0 spiro atoms. The highest BCUT2D eigenvalue weighted by atomic mass is 127. The standard InChI is InChI=1S/C4H6INO/c1-2-3(5)4(6)7/h2-3H,1H2,(H2,6,7). The van der Waals surface area contributed by atoms with Crippen molar-refractivity contribution in [1.82, 2.24) is 0 Å². The molecule has 3 heteroatoms. The fraction of sp³-hybridized carbons (Fsp3) is 0.250. The molecule has 0 aliphatic rings. The minimum atomic E-state index is -0.337. The van der Waals surface area contributed by atoms with E-state index in [-0.39, 0.29) is 9.83 Å². The van der Waals surface area contributed by atoms with Crippen molar-refractivity contribution in [1.29, 1.82) is 0 Å². The van der Waals surface area contributed by atoms with Crippen LogP contribution in [0.15, 0.2) is 12.7 Å². The summed E-state index contributed by atoms with van der Waals surface area (Å²) >= 11 is 1.90. The normalized spacial score (nSPS) is 12.7. The lowest BCUT2D eigenvalue weighted by Crippen LogP contribution is -2.20. The first kappa shape index (κ1) is 6.94. The first-order valence-electron chi connectivity index (χ1n) is 1.74. The van der Waals surface area contributed by atoms with Gasteiger partial charge in [0.05, 0.1) is 0 Å². The van der Waals surface area contributed by atoms with E-state index in [4.69, 9.17) is 5.73 Å². The van der Waals surface area contributed by atoms with Gasteiger partial charge in [0.25, 0.3) is 0 Å². The molecule has 0 aliphatic carbocycles. The van der Waals surface area contributed by atoms with E-state index in [0.29, 0.717) is 0 Å². The molecule has 0 aliphatic heterocycles. The van der Waals surface area contributed by atoms with E-state index in [1.807, 2.05) is 22.6 Å². The molecule has 7 heavy (non-hydrogen) atoms. The Kier molecular flexibility index (Phi) is 2.98. The maximum atomic E-state index is 10.1. The van der Waals surface area contributed by atoms with Gasteiger partial charge < -0.3 is 5.73 Å². The Bertz CT molecular complexity index is 91.7. The van der Waals surface area contributed by atoms with E-state index < -0.39 is 0 Å². The number of amides is 1. The molecule has 0 radical (unpaired) electrons. The molecular formula is C4H6INO. The number of alkyl halides is 1. The van der Waals surface area contributed by atoms with Crippen molar-refractivity contribution in [3.63, 3.8) is 0 Å². The summed E-state index contributed by atoms with van der Waals surface area (Å²) in [4.78, 5) is 10.1. The van der Waals surface area contributed by atoms with Crippen LogP contribution in [0.3, 0.4) is 0 Å². The lowest BCUT2D eigenvalue weighted by atomic mass is 10.4. The van der Waals surface area contributed by atoms with Crippen LogP contribution in [0.25, 0.3) is 0 Å². The Morgan fingerprint density at radius 3 is 2.43 bits per heavy atom. The molecule has 0 aromatic carbocycles. The SMILES string of the molecule is C=CC(I)C(N)=O. The number of hydrogen-bond acceptors (Lipinski definition) is 1. The molecule has 0 rings (SSSR count). The summed E-state index contributed by atoms with van der Waals surface area (Å²) in [5.41, 5.74) is 4.83. The highest BCUT2D eigenvalue weighted by molar-refractivity contribution is 14.1. The summed E-state index contributed by atoms with van der Waals surface area (Å²) in [6, 6.07) is 0. The maximum Gasteiger partial charge on any atom is 0.234 e. The Morgan fingerprint density at radius 2 is 2.43 bits per heavy atom. The van der Waals surface area contributed by atoms with Crippen molar-refractivity contribution in [2.75, 3.05) is 0 Å². The van der Waals surface area contributed by atoms with Crippen molar-refractivity contribution < 1.29 is 4.79 Å². The third kappa shape index (κ3) is 2.61. The topological polar surface area (TPSA) is 43.1 Å². The largest absolute Gasteiger partial charge is 0.368 e.